The smallest absolute Gasteiger partial charge is 0.305 e. The molecule has 0 bridgehead atoms. The van der Waals surface area contributed by atoms with Gasteiger partial charge in [0.1, 0.15) is 0 Å². The maximum Gasteiger partial charge on any atom is 0.305 e. The quantitative estimate of drug-likeness (QED) is 0.786. The topological polar surface area (TPSA) is 66.8 Å². The Balaban J connectivity index is 2.63. The third-order valence-corrected chi connectivity index (χ3v) is 3.06. The first-order chi connectivity index (χ1) is 8.06. The number of carbonyl (C=O) groups excluding carboxylic acids is 1. The minimum Gasteiger partial charge on any atom is -0.481 e. The standard InChI is InChI=1S/C12H21NO4/c1-3-4-9(2)12(16)13-5-6-17-8-10(13)7-11(14)15/h9-10H,3-8H2,1-2H3,(H,14,15). The molecule has 98 valence electrons. The van der Waals surface area contributed by atoms with Crippen molar-refractivity contribution in [3.05, 3.63) is 0 Å². The lowest BCUT2D eigenvalue weighted by molar-refractivity contribution is -0.148. The number of carboxylic acids is 1. The van der Waals surface area contributed by atoms with Crippen molar-refractivity contribution >= 4 is 11.9 Å². The minimum atomic E-state index is -0.888. The Kier molecular flexibility index (Phi) is 5.41. The Morgan fingerprint density at radius 1 is 1.53 bits per heavy atom. The van der Waals surface area contributed by atoms with Crippen LogP contribution in [0.4, 0.5) is 0 Å². The van der Waals surface area contributed by atoms with Crippen LogP contribution in [0, 0.1) is 5.92 Å². The summed E-state index contributed by atoms with van der Waals surface area (Å²) in [4.78, 5) is 24.6. The van der Waals surface area contributed by atoms with E-state index in [9.17, 15) is 9.59 Å². The molecule has 1 rings (SSSR count). The van der Waals surface area contributed by atoms with E-state index in [1.165, 1.54) is 0 Å². The number of rotatable bonds is 5. The van der Waals surface area contributed by atoms with E-state index in [-0.39, 0.29) is 24.3 Å². The van der Waals surface area contributed by atoms with Crippen molar-refractivity contribution in [2.45, 2.75) is 39.2 Å². The number of morpholine rings is 1. The van der Waals surface area contributed by atoms with Gasteiger partial charge in [-0.2, -0.15) is 0 Å². The molecule has 17 heavy (non-hydrogen) atoms. The molecule has 5 heteroatoms. The molecule has 1 heterocycles. The molecule has 0 saturated carbocycles. The second kappa shape index (κ2) is 6.59. The number of nitrogens with zero attached hydrogens (tertiary/aromatic N) is 1. The van der Waals surface area contributed by atoms with Gasteiger partial charge in [0, 0.05) is 12.5 Å². The highest BCUT2D eigenvalue weighted by molar-refractivity contribution is 5.79. The highest BCUT2D eigenvalue weighted by atomic mass is 16.5. The summed E-state index contributed by atoms with van der Waals surface area (Å²) >= 11 is 0. The fraction of sp³-hybridized carbons (Fsp3) is 0.833. The summed E-state index contributed by atoms with van der Waals surface area (Å²) in [6.45, 7) is 5.28. The van der Waals surface area contributed by atoms with E-state index >= 15 is 0 Å². The van der Waals surface area contributed by atoms with Crippen LogP contribution in [0.5, 0.6) is 0 Å². The zero-order valence-corrected chi connectivity index (χ0v) is 10.5. The van der Waals surface area contributed by atoms with Crippen LogP contribution in [-0.4, -0.2) is 47.7 Å². The molecule has 0 aromatic heterocycles. The van der Waals surface area contributed by atoms with Crippen molar-refractivity contribution in [1.82, 2.24) is 4.90 Å². The van der Waals surface area contributed by atoms with Crippen molar-refractivity contribution in [3.8, 4) is 0 Å². The molecule has 0 spiro atoms. The number of amides is 1. The average Bonchev–Trinajstić information content (AvgIpc) is 2.28. The van der Waals surface area contributed by atoms with Crippen molar-refractivity contribution < 1.29 is 19.4 Å². The van der Waals surface area contributed by atoms with E-state index in [1.807, 2.05) is 13.8 Å². The van der Waals surface area contributed by atoms with Crippen LogP contribution in [0.2, 0.25) is 0 Å². The number of carbonyl (C=O) groups is 2. The molecule has 0 aromatic rings. The van der Waals surface area contributed by atoms with Crippen molar-refractivity contribution in [2.75, 3.05) is 19.8 Å². The lowest BCUT2D eigenvalue weighted by Gasteiger charge is -2.36. The van der Waals surface area contributed by atoms with Gasteiger partial charge in [-0.15, -0.1) is 0 Å². The molecule has 2 unspecified atom stereocenters. The zero-order valence-electron chi connectivity index (χ0n) is 10.5. The summed E-state index contributed by atoms with van der Waals surface area (Å²) in [5.41, 5.74) is 0. The van der Waals surface area contributed by atoms with Gasteiger partial charge in [0.25, 0.3) is 0 Å². The largest absolute Gasteiger partial charge is 0.481 e. The maximum absolute atomic E-state index is 12.2. The Bertz CT molecular complexity index is 280. The number of hydrogen-bond acceptors (Lipinski definition) is 3. The van der Waals surface area contributed by atoms with Gasteiger partial charge in [-0.25, -0.2) is 0 Å². The minimum absolute atomic E-state index is 0.0330. The summed E-state index contributed by atoms with van der Waals surface area (Å²) in [6, 6.07) is -0.312. The summed E-state index contributed by atoms with van der Waals surface area (Å²) in [5, 5.41) is 8.81. The first kappa shape index (κ1) is 14.0. The van der Waals surface area contributed by atoms with Gasteiger partial charge in [0.15, 0.2) is 0 Å². The zero-order chi connectivity index (χ0) is 12.8. The number of aliphatic carboxylic acids is 1. The lowest BCUT2D eigenvalue weighted by Crippen LogP contribution is -2.51. The number of carboxylic acid groups (broad SMARTS) is 1. The first-order valence-electron chi connectivity index (χ1n) is 6.16. The van der Waals surface area contributed by atoms with E-state index in [0.29, 0.717) is 19.8 Å². The highest BCUT2D eigenvalue weighted by Gasteiger charge is 2.31. The van der Waals surface area contributed by atoms with Crippen LogP contribution in [0.25, 0.3) is 0 Å². The molecule has 0 aromatic carbocycles. The Morgan fingerprint density at radius 2 is 2.24 bits per heavy atom. The van der Waals surface area contributed by atoms with Gasteiger partial charge in [0.05, 0.1) is 25.7 Å². The molecular weight excluding hydrogens is 222 g/mol. The highest BCUT2D eigenvalue weighted by Crippen LogP contribution is 2.17. The van der Waals surface area contributed by atoms with E-state index in [1.54, 1.807) is 4.90 Å². The van der Waals surface area contributed by atoms with Gasteiger partial charge in [-0.1, -0.05) is 20.3 Å². The molecule has 1 fully saturated rings. The van der Waals surface area contributed by atoms with E-state index in [2.05, 4.69) is 0 Å². The second-order valence-electron chi connectivity index (χ2n) is 4.55. The van der Waals surface area contributed by atoms with Gasteiger partial charge >= 0.3 is 5.97 Å². The Labute approximate surface area is 102 Å². The van der Waals surface area contributed by atoms with Crippen LogP contribution in [0.15, 0.2) is 0 Å². The molecule has 1 saturated heterocycles. The first-order valence-corrected chi connectivity index (χ1v) is 6.16. The van der Waals surface area contributed by atoms with E-state index in [0.717, 1.165) is 12.8 Å². The normalized spacial score (nSPS) is 22.2. The van der Waals surface area contributed by atoms with Crippen LogP contribution >= 0.6 is 0 Å². The summed E-state index contributed by atoms with van der Waals surface area (Å²) in [6.07, 6.45) is 1.77. The van der Waals surface area contributed by atoms with Crippen molar-refractivity contribution in [3.63, 3.8) is 0 Å². The third kappa shape index (κ3) is 4.00. The second-order valence-corrected chi connectivity index (χ2v) is 4.55. The van der Waals surface area contributed by atoms with Crippen LogP contribution in [0.1, 0.15) is 33.1 Å². The fourth-order valence-electron chi connectivity index (χ4n) is 2.16. The van der Waals surface area contributed by atoms with E-state index in [4.69, 9.17) is 9.84 Å². The van der Waals surface area contributed by atoms with Crippen molar-refractivity contribution in [2.24, 2.45) is 5.92 Å². The van der Waals surface area contributed by atoms with Crippen LogP contribution < -0.4 is 0 Å². The summed E-state index contributed by atoms with van der Waals surface area (Å²) < 4.78 is 5.25. The molecule has 1 N–H and O–H groups in total. The summed E-state index contributed by atoms with van der Waals surface area (Å²) in [7, 11) is 0. The Hall–Kier alpha value is -1.10. The lowest BCUT2D eigenvalue weighted by atomic mass is 10.0. The molecule has 0 radical (unpaired) electrons. The van der Waals surface area contributed by atoms with Crippen molar-refractivity contribution in [1.29, 1.82) is 0 Å². The van der Waals surface area contributed by atoms with Crippen LogP contribution in [0.3, 0.4) is 0 Å². The van der Waals surface area contributed by atoms with Gasteiger partial charge in [-0.05, 0) is 6.42 Å². The predicted molar refractivity (Wildman–Crippen MR) is 62.6 cm³/mol. The van der Waals surface area contributed by atoms with Gasteiger partial charge in [-0.3, -0.25) is 9.59 Å². The van der Waals surface area contributed by atoms with Gasteiger partial charge in [0.2, 0.25) is 5.91 Å². The maximum atomic E-state index is 12.2. The molecule has 0 aliphatic carbocycles. The molecule has 2 atom stereocenters. The monoisotopic (exact) mass is 243 g/mol. The van der Waals surface area contributed by atoms with Gasteiger partial charge < -0.3 is 14.7 Å². The molecule has 5 nitrogen and oxygen atoms in total. The molecule has 1 aliphatic heterocycles. The fourth-order valence-corrected chi connectivity index (χ4v) is 2.16. The molecular formula is C12H21NO4. The number of hydrogen-bond donors (Lipinski definition) is 1. The summed E-state index contributed by atoms with van der Waals surface area (Å²) in [5.74, 6) is -0.864. The van der Waals surface area contributed by atoms with E-state index < -0.39 is 5.97 Å². The third-order valence-electron chi connectivity index (χ3n) is 3.06. The van der Waals surface area contributed by atoms with Crippen LogP contribution in [-0.2, 0) is 14.3 Å². The molecule has 1 aliphatic rings. The molecule has 1 amide bonds. The average molecular weight is 243 g/mol. The number of ether oxygens (including phenoxy) is 1. The predicted octanol–water partition coefficient (Wildman–Crippen LogP) is 1.12. The SMILES string of the molecule is CCCC(C)C(=O)N1CCOCC1CC(=O)O. The Morgan fingerprint density at radius 3 is 2.82 bits per heavy atom.